The number of ether oxygens (including phenoxy) is 1. The third-order valence-corrected chi connectivity index (χ3v) is 1.96. The fourth-order valence-corrected chi connectivity index (χ4v) is 1.18. The molecule has 1 aromatic carbocycles. The molecule has 0 saturated carbocycles. The van der Waals surface area contributed by atoms with Crippen molar-refractivity contribution < 1.29 is 18.6 Å². The lowest BCUT2D eigenvalue weighted by atomic mass is 10.1. The van der Waals surface area contributed by atoms with E-state index in [-0.39, 0.29) is 12.2 Å². The highest BCUT2D eigenvalue weighted by atomic mass is 19.3. The van der Waals surface area contributed by atoms with E-state index in [0.717, 1.165) is 6.92 Å². The van der Waals surface area contributed by atoms with Crippen LogP contribution < -0.4 is 4.74 Å². The minimum absolute atomic E-state index is 0.123. The Morgan fingerprint density at radius 1 is 1.43 bits per heavy atom. The molecule has 0 aliphatic rings. The minimum Gasteiger partial charge on any atom is -0.496 e. The lowest BCUT2D eigenvalue weighted by Gasteiger charge is -2.13. The van der Waals surface area contributed by atoms with Crippen molar-refractivity contribution in [1.82, 2.24) is 0 Å². The van der Waals surface area contributed by atoms with Gasteiger partial charge in [-0.3, -0.25) is 0 Å². The third-order valence-electron chi connectivity index (χ3n) is 1.96. The van der Waals surface area contributed by atoms with E-state index in [1.54, 1.807) is 0 Å². The molecule has 4 heteroatoms. The van der Waals surface area contributed by atoms with E-state index in [1.807, 2.05) is 0 Å². The maximum atomic E-state index is 12.9. The van der Waals surface area contributed by atoms with Gasteiger partial charge in [-0.1, -0.05) is 0 Å². The second-order valence-electron chi connectivity index (χ2n) is 3.07. The van der Waals surface area contributed by atoms with Gasteiger partial charge in [0.15, 0.2) is 0 Å². The van der Waals surface area contributed by atoms with E-state index in [2.05, 4.69) is 0 Å². The average Bonchev–Trinajstić information content (AvgIpc) is 2.15. The normalized spacial score (nSPS) is 11.5. The van der Waals surface area contributed by atoms with Crippen molar-refractivity contribution in [3.63, 3.8) is 0 Å². The fourth-order valence-electron chi connectivity index (χ4n) is 1.18. The first-order valence-electron chi connectivity index (χ1n) is 4.15. The number of methoxy groups -OCH3 is 1. The van der Waals surface area contributed by atoms with E-state index >= 15 is 0 Å². The SMILES string of the molecule is COc1ccc(C(C)(F)F)cc1CO. The van der Waals surface area contributed by atoms with Crippen molar-refractivity contribution in [2.75, 3.05) is 7.11 Å². The van der Waals surface area contributed by atoms with Crippen LogP contribution in [0.2, 0.25) is 0 Å². The van der Waals surface area contributed by atoms with Gasteiger partial charge in [0, 0.05) is 18.1 Å². The van der Waals surface area contributed by atoms with Crippen molar-refractivity contribution in [2.24, 2.45) is 0 Å². The molecule has 0 aromatic heterocycles. The quantitative estimate of drug-likeness (QED) is 0.814. The number of aliphatic hydroxyl groups excluding tert-OH is 1. The van der Waals surface area contributed by atoms with Gasteiger partial charge < -0.3 is 9.84 Å². The van der Waals surface area contributed by atoms with Crippen LogP contribution >= 0.6 is 0 Å². The summed E-state index contributed by atoms with van der Waals surface area (Å²) in [4.78, 5) is 0. The largest absolute Gasteiger partial charge is 0.496 e. The standard InChI is InChI=1S/C10H12F2O2/c1-10(11,12)8-3-4-9(14-2)7(5-8)6-13/h3-5,13H,6H2,1-2H3. The number of alkyl halides is 2. The molecule has 0 aliphatic heterocycles. The molecule has 0 bridgehead atoms. The summed E-state index contributed by atoms with van der Waals surface area (Å²) in [6, 6.07) is 3.97. The predicted molar refractivity (Wildman–Crippen MR) is 48.5 cm³/mol. The van der Waals surface area contributed by atoms with Crippen LogP contribution in [0.25, 0.3) is 0 Å². The van der Waals surface area contributed by atoms with Gasteiger partial charge in [0.2, 0.25) is 0 Å². The first-order valence-corrected chi connectivity index (χ1v) is 4.15. The Balaban J connectivity index is 3.14. The lowest BCUT2D eigenvalue weighted by molar-refractivity contribution is 0.0173. The molecule has 2 nitrogen and oxygen atoms in total. The smallest absolute Gasteiger partial charge is 0.270 e. The van der Waals surface area contributed by atoms with Gasteiger partial charge in [-0.2, -0.15) is 0 Å². The molecule has 14 heavy (non-hydrogen) atoms. The van der Waals surface area contributed by atoms with Gasteiger partial charge in [-0.25, -0.2) is 8.78 Å². The van der Waals surface area contributed by atoms with Crippen LogP contribution in [-0.2, 0) is 12.5 Å². The summed E-state index contributed by atoms with van der Waals surface area (Å²) in [6.45, 7) is 0.503. The Morgan fingerprint density at radius 3 is 2.50 bits per heavy atom. The highest BCUT2D eigenvalue weighted by Gasteiger charge is 2.24. The molecule has 1 N–H and O–H groups in total. The van der Waals surface area contributed by atoms with Crippen molar-refractivity contribution in [3.05, 3.63) is 29.3 Å². The number of rotatable bonds is 3. The van der Waals surface area contributed by atoms with Crippen LogP contribution in [0.1, 0.15) is 18.1 Å². The summed E-state index contributed by atoms with van der Waals surface area (Å²) >= 11 is 0. The maximum absolute atomic E-state index is 12.9. The predicted octanol–water partition coefficient (Wildman–Crippen LogP) is 2.30. The zero-order chi connectivity index (χ0) is 10.8. The van der Waals surface area contributed by atoms with Crippen molar-refractivity contribution in [2.45, 2.75) is 19.5 Å². The molecule has 0 saturated heterocycles. The van der Waals surface area contributed by atoms with Crippen molar-refractivity contribution >= 4 is 0 Å². The topological polar surface area (TPSA) is 29.5 Å². The molecule has 0 unspecified atom stereocenters. The molecular formula is C10H12F2O2. The van der Waals surface area contributed by atoms with E-state index < -0.39 is 5.92 Å². The summed E-state index contributed by atoms with van der Waals surface area (Å²) in [6.07, 6.45) is 0. The molecule has 0 radical (unpaired) electrons. The summed E-state index contributed by atoms with van der Waals surface area (Å²) in [5, 5.41) is 8.91. The summed E-state index contributed by atoms with van der Waals surface area (Å²) in [5.74, 6) is -2.48. The highest BCUT2D eigenvalue weighted by Crippen LogP contribution is 2.30. The van der Waals surface area contributed by atoms with Crippen LogP contribution in [0, 0.1) is 0 Å². The number of aliphatic hydroxyl groups is 1. The van der Waals surface area contributed by atoms with Gasteiger partial charge in [0.05, 0.1) is 13.7 Å². The second-order valence-corrected chi connectivity index (χ2v) is 3.07. The average molecular weight is 202 g/mol. The number of benzene rings is 1. The summed E-state index contributed by atoms with van der Waals surface area (Å²) in [5.41, 5.74) is 0.244. The van der Waals surface area contributed by atoms with Crippen LogP contribution in [0.3, 0.4) is 0 Å². The molecule has 0 amide bonds. The van der Waals surface area contributed by atoms with E-state index in [0.29, 0.717) is 11.3 Å². The van der Waals surface area contributed by atoms with Gasteiger partial charge >= 0.3 is 0 Å². The van der Waals surface area contributed by atoms with Crippen LogP contribution in [-0.4, -0.2) is 12.2 Å². The third kappa shape index (κ3) is 2.20. The Morgan fingerprint density at radius 2 is 2.07 bits per heavy atom. The number of halogens is 2. The Labute approximate surface area is 81.1 Å². The molecule has 0 aliphatic carbocycles. The van der Waals surface area contributed by atoms with Crippen LogP contribution in [0.15, 0.2) is 18.2 Å². The fraction of sp³-hybridized carbons (Fsp3) is 0.400. The number of hydrogen-bond acceptors (Lipinski definition) is 2. The van der Waals surface area contributed by atoms with Crippen molar-refractivity contribution in [3.8, 4) is 5.75 Å². The van der Waals surface area contributed by atoms with Gasteiger partial charge in [0.1, 0.15) is 5.75 Å². The summed E-state index contributed by atoms with van der Waals surface area (Å²) in [7, 11) is 1.43. The molecule has 0 fully saturated rings. The molecule has 1 aromatic rings. The maximum Gasteiger partial charge on any atom is 0.270 e. The monoisotopic (exact) mass is 202 g/mol. The van der Waals surface area contributed by atoms with Crippen molar-refractivity contribution in [1.29, 1.82) is 0 Å². The number of hydrogen-bond donors (Lipinski definition) is 1. The molecule has 0 atom stereocenters. The summed E-state index contributed by atoms with van der Waals surface area (Å²) < 4.78 is 30.7. The van der Waals surface area contributed by atoms with E-state index in [9.17, 15) is 8.78 Å². The lowest BCUT2D eigenvalue weighted by Crippen LogP contribution is -2.07. The first-order chi connectivity index (χ1) is 6.49. The first kappa shape index (κ1) is 10.9. The van der Waals surface area contributed by atoms with E-state index in [1.165, 1.54) is 25.3 Å². The second kappa shape index (κ2) is 3.92. The van der Waals surface area contributed by atoms with Gasteiger partial charge in [0.25, 0.3) is 5.92 Å². The molecule has 0 spiro atoms. The molecule has 0 heterocycles. The minimum atomic E-state index is -2.89. The Kier molecular flexibility index (Phi) is 3.06. The molecular weight excluding hydrogens is 190 g/mol. The highest BCUT2D eigenvalue weighted by molar-refractivity contribution is 5.38. The molecule has 78 valence electrons. The Hall–Kier alpha value is -1.16. The molecule has 1 rings (SSSR count). The van der Waals surface area contributed by atoms with Crippen LogP contribution in [0.4, 0.5) is 8.78 Å². The van der Waals surface area contributed by atoms with Gasteiger partial charge in [-0.05, 0) is 18.2 Å². The van der Waals surface area contributed by atoms with E-state index in [4.69, 9.17) is 9.84 Å². The zero-order valence-corrected chi connectivity index (χ0v) is 8.05. The van der Waals surface area contributed by atoms with Gasteiger partial charge in [-0.15, -0.1) is 0 Å². The Bertz CT molecular complexity index is 318. The van der Waals surface area contributed by atoms with Crippen LogP contribution in [0.5, 0.6) is 5.75 Å². The zero-order valence-electron chi connectivity index (χ0n) is 8.05.